The van der Waals surface area contributed by atoms with Gasteiger partial charge in [0, 0.05) is 30.7 Å². The molecule has 0 amide bonds. The number of carbonyl (C=O) groups is 2. The van der Waals surface area contributed by atoms with E-state index in [1.807, 2.05) is 6.07 Å². The Morgan fingerprint density at radius 3 is 2.80 bits per heavy atom. The maximum Gasteiger partial charge on any atom is 0.307 e. The van der Waals surface area contributed by atoms with Gasteiger partial charge in [0.05, 0.1) is 5.92 Å². The number of hydrogen-bond donors (Lipinski definition) is 1. The Labute approximate surface area is 87.0 Å². The molecular formula is C11H11NO3. The molecule has 4 heteroatoms. The molecule has 1 heterocycles. The van der Waals surface area contributed by atoms with Crippen LogP contribution in [0.1, 0.15) is 24.5 Å². The van der Waals surface area contributed by atoms with Crippen molar-refractivity contribution >= 4 is 11.8 Å². The molecule has 1 N–H and O–H groups in total. The number of hydrogen-bond acceptors (Lipinski definition) is 3. The molecule has 2 atom stereocenters. The fourth-order valence-corrected chi connectivity index (χ4v) is 2.02. The van der Waals surface area contributed by atoms with Gasteiger partial charge in [-0.25, -0.2) is 0 Å². The molecule has 1 aromatic rings. The molecule has 15 heavy (non-hydrogen) atoms. The Bertz CT molecular complexity index is 388. The maximum absolute atomic E-state index is 11.3. The molecule has 1 fully saturated rings. The number of aromatic nitrogens is 1. The molecule has 1 saturated carbocycles. The van der Waals surface area contributed by atoms with Gasteiger partial charge >= 0.3 is 5.97 Å². The van der Waals surface area contributed by atoms with E-state index in [0.29, 0.717) is 12.1 Å². The van der Waals surface area contributed by atoms with Gasteiger partial charge in [0.1, 0.15) is 5.78 Å². The van der Waals surface area contributed by atoms with E-state index in [1.165, 1.54) is 0 Å². The summed E-state index contributed by atoms with van der Waals surface area (Å²) in [5, 5.41) is 8.98. The van der Waals surface area contributed by atoms with Gasteiger partial charge in [-0.3, -0.25) is 14.6 Å². The maximum atomic E-state index is 11.3. The highest BCUT2D eigenvalue weighted by Crippen LogP contribution is 2.36. The predicted octanol–water partition coefficient (Wildman–Crippen LogP) is 1.23. The molecule has 1 aromatic heterocycles. The van der Waals surface area contributed by atoms with Crippen molar-refractivity contribution in [1.82, 2.24) is 4.98 Å². The van der Waals surface area contributed by atoms with Crippen LogP contribution in [0.5, 0.6) is 0 Å². The number of carboxylic acids is 1. The molecule has 0 bridgehead atoms. The monoisotopic (exact) mass is 205 g/mol. The van der Waals surface area contributed by atoms with Gasteiger partial charge < -0.3 is 5.11 Å². The lowest BCUT2D eigenvalue weighted by molar-refractivity contribution is -0.142. The zero-order chi connectivity index (χ0) is 10.8. The summed E-state index contributed by atoms with van der Waals surface area (Å²) in [5.74, 6) is -1.75. The Morgan fingerprint density at radius 2 is 2.20 bits per heavy atom. The van der Waals surface area contributed by atoms with Crippen molar-refractivity contribution in [2.45, 2.75) is 18.8 Å². The number of Topliss-reactive ketones (excluding diaryl/α,β-unsaturated/α-hetero) is 1. The van der Waals surface area contributed by atoms with E-state index in [1.54, 1.807) is 18.3 Å². The molecule has 1 aliphatic carbocycles. The second-order valence-corrected chi connectivity index (χ2v) is 3.75. The molecule has 2 rings (SSSR count). The Kier molecular flexibility index (Phi) is 2.49. The average Bonchev–Trinajstić information content (AvgIpc) is 2.62. The number of nitrogens with zero attached hydrogens (tertiary/aromatic N) is 1. The third-order valence-electron chi connectivity index (χ3n) is 2.77. The largest absolute Gasteiger partial charge is 0.481 e. The minimum atomic E-state index is -0.906. The summed E-state index contributed by atoms with van der Waals surface area (Å²) in [4.78, 5) is 26.3. The number of aliphatic carboxylic acids is 1. The Balaban J connectivity index is 2.28. The Morgan fingerprint density at radius 1 is 1.40 bits per heavy atom. The molecule has 0 saturated heterocycles. The van der Waals surface area contributed by atoms with Crippen molar-refractivity contribution in [3.05, 3.63) is 30.1 Å². The van der Waals surface area contributed by atoms with Crippen molar-refractivity contribution in [1.29, 1.82) is 0 Å². The lowest BCUT2D eigenvalue weighted by Gasteiger charge is -2.13. The van der Waals surface area contributed by atoms with E-state index in [2.05, 4.69) is 4.98 Å². The van der Waals surface area contributed by atoms with Gasteiger partial charge in [0.15, 0.2) is 0 Å². The van der Waals surface area contributed by atoms with E-state index in [0.717, 1.165) is 0 Å². The fraction of sp³-hybridized carbons (Fsp3) is 0.364. The lowest BCUT2D eigenvalue weighted by Crippen LogP contribution is -2.17. The summed E-state index contributed by atoms with van der Waals surface area (Å²) < 4.78 is 0. The molecule has 0 aromatic carbocycles. The van der Waals surface area contributed by atoms with E-state index < -0.39 is 11.9 Å². The van der Waals surface area contributed by atoms with Crippen LogP contribution in [-0.4, -0.2) is 21.8 Å². The summed E-state index contributed by atoms with van der Waals surface area (Å²) in [6, 6.07) is 5.36. The summed E-state index contributed by atoms with van der Waals surface area (Å²) >= 11 is 0. The van der Waals surface area contributed by atoms with Gasteiger partial charge in [-0.1, -0.05) is 6.07 Å². The molecule has 4 nitrogen and oxygen atoms in total. The highest BCUT2D eigenvalue weighted by molar-refractivity contribution is 5.89. The number of carbonyl (C=O) groups excluding carboxylic acids is 1. The zero-order valence-corrected chi connectivity index (χ0v) is 8.09. The molecule has 2 unspecified atom stereocenters. The second-order valence-electron chi connectivity index (χ2n) is 3.75. The fourth-order valence-electron chi connectivity index (χ4n) is 2.02. The van der Waals surface area contributed by atoms with Crippen LogP contribution in [0.4, 0.5) is 0 Å². The highest BCUT2D eigenvalue weighted by Gasteiger charge is 2.39. The van der Waals surface area contributed by atoms with Gasteiger partial charge in [-0.15, -0.1) is 0 Å². The number of pyridine rings is 1. The van der Waals surface area contributed by atoms with Gasteiger partial charge in [0.25, 0.3) is 0 Å². The standard InChI is InChI=1S/C11H11NO3/c13-7-5-8(9(6-7)11(14)15)10-3-1-2-4-12-10/h1-4,8-9H,5-6H2,(H,14,15). The first-order valence-corrected chi connectivity index (χ1v) is 4.84. The molecule has 0 radical (unpaired) electrons. The first-order valence-electron chi connectivity index (χ1n) is 4.84. The van der Waals surface area contributed by atoms with Gasteiger partial charge in [-0.2, -0.15) is 0 Å². The number of ketones is 1. The molecular weight excluding hydrogens is 194 g/mol. The van der Waals surface area contributed by atoms with Crippen LogP contribution in [0.2, 0.25) is 0 Å². The predicted molar refractivity (Wildman–Crippen MR) is 52.3 cm³/mol. The summed E-state index contributed by atoms with van der Waals surface area (Å²) in [6.07, 6.45) is 2.06. The lowest BCUT2D eigenvalue weighted by atomic mass is 9.93. The molecule has 1 aliphatic rings. The van der Waals surface area contributed by atoms with E-state index in [-0.39, 0.29) is 18.1 Å². The van der Waals surface area contributed by atoms with Crippen LogP contribution in [0, 0.1) is 5.92 Å². The average molecular weight is 205 g/mol. The SMILES string of the molecule is O=C1CC(C(=O)O)C(c2ccccn2)C1. The van der Waals surface area contributed by atoms with Gasteiger partial charge in [0.2, 0.25) is 0 Å². The van der Waals surface area contributed by atoms with Crippen LogP contribution in [0.15, 0.2) is 24.4 Å². The normalized spacial score (nSPS) is 25.5. The van der Waals surface area contributed by atoms with E-state index >= 15 is 0 Å². The summed E-state index contributed by atoms with van der Waals surface area (Å²) in [5.41, 5.74) is 0.704. The quantitative estimate of drug-likeness (QED) is 0.788. The van der Waals surface area contributed by atoms with Crippen molar-refractivity contribution < 1.29 is 14.7 Å². The van der Waals surface area contributed by atoms with Crippen molar-refractivity contribution in [3.63, 3.8) is 0 Å². The molecule has 0 aliphatic heterocycles. The van der Waals surface area contributed by atoms with Crippen LogP contribution < -0.4 is 0 Å². The van der Waals surface area contributed by atoms with Crippen LogP contribution in [-0.2, 0) is 9.59 Å². The number of carboxylic acid groups (broad SMARTS) is 1. The zero-order valence-electron chi connectivity index (χ0n) is 8.09. The summed E-state index contributed by atoms with van der Waals surface area (Å²) in [7, 11) is 0. The van der Waals surface area contributed by atoms with Crippen molar-refractivity contribution in [2.75, 3.05) is 0 Å². The molecule has 78 valence electrons. The van der Waals surface area contributed by atoms with E-state index in [4.69, 9.17) is 5.11 Å². The number of rotatable bonds is 2. The Hall–Kier alpha value is -1.71. The first kappa shape index (κ1) is 9.83. The molecule has 0 spiro atoms. The van der Waals surface area contributed by atoms with Crippen LogP contribution in [0.3, 0.4) is 0 Å². The van der Waals surface area contributed by atoms with E-state index in [9.17, 15) is 9.59 Å². The van der Waals surface area contributed by atoms with Crippen molar-refractivity contribution in [2.24, 2.45) is 5.92 Å². The minimum Gasteiger partial charge on any atom is -0.481 e. The second kappa shape index (κ2) is 3.81. The summed E-state index contributed by atoms with van der Waals surface area (Å²) in [6.45, 7) is 0. The van der Waals surface area contributed by atoms with Crippen LogP contribution >= 0.6 is 0 Å². The minimum absolute atomic E-state index is 0.0121. The first-order chi connectivity index (χ1) is 7.18. The topological polar surface area (TPSA) is 67.3 Å². The van der Waals surface area contributed by atoms with Crippen LogP contribution in [0.25, 0.3) is 0 Å². The highest BCUT2D eigenvalue weighted by atomic mass is 16.4. The van der Waals surface area contributed by atoms with Crippen molar-refractivity contribution in [3.8, 4) is 0 Å². The smallest absolute Gasteiger partial charge is 0.307 e. The third kappa shape index (κ3) is 1.88. The third-order valence-corrected chi connectivity index (χ3v) is 2.77. The van der Waals surface area contributed by atoms with Gasteiger partial charge in [-0.05, 0) is 12.1 Å².